The molecule has 1 aromatic heterocycles. The van der Waals surface area contributed by atoms with Crippen LogP contribution in [0.3, 0.4) is 0 Å². The lowest BCUT2D eigenvalue weighted by Crippen LogP contribution is -2.28. The van der Waals surface area contributed by atoms with E-state index in [9.17, 15) is 0 Å². The maximum absolute atomic E-state index is 5.40. The summed E-state index contributed by atoms with van der Waals surface area (Å²) in [6.45, 7) is 0. The summed E-state index contributed by atoms with van der Waals surface area (Å²) in [6.07, 6.45) is 0. The molecule has 3 heteroatoms. The number of nitrogens with zero attached hydrogens (tertiary/aromatic N) is 3. The summed E-state index contributed by atoms with van der Waals surface area (Å²) in [5.74, 6) is 1.90. The molecule has 0 unspecified atom stereocenters. The van der Waals surface area contributed by atoms with Crippen molar-refractivity contribution in [2.75, 3.05) is 0 Å². The fourth-order valence-corrected chi connectivity index (χ4v) is 9.78. The molecule has 0 bridgehead atoms. The number of fused-ring (bicyclic) bond motifs is 6. The molecule has 284 valence electrons. The van der Waals surface area contributed by atoms with Crippen LogP contribution in [0.2, 0.25) is 0 Å². The zero-order valence-electron chi connectivity index (χ0n) is 33.2. The van der Waals surface area contributed by atoms with Gasteiger partial charge in [0, 0.05) is 16.7 Å². The van der Waals surface area contributed by atoms with Gasteiger partial charge in [0.15, 0.2) is 17.5 Å². The molecule has 0 amide bonds. The first-order valence-electron chi connectivity index (χ1n) is 20.8. The second kappa shape index (κ2) is 14.1. The highest BCUT2D eigenvalue weighted by molar-refractivity contribution is 6.05. The number of aromatic nitrogens is 3. The molecule has 0 fully saturated rings. The zero-order valence-corrected chi connectivity index (χ0v) is 33.2. The van der Waals surface area contributed by atoms with Crippen molar-refractivity contribution in [3.05, 3.63) is 247 Å². The molecule has 12 rings (SSSR count). The highest BCUT2D eigenvalue weighted by Gasteiger charge is 2.46. The molecular formula is C58H37N3. The van der Waals surface area contributed by atoms with E-state index in [2.05, 4.69) is 224 Å². The fraction of sp³-hybridized carbons (Fsp3) is 0.0172. The Hall–Kier alpha value is -8.01. The predicted molar refractivity (Wildman–Crippen MR) is 251 cm³/mol. The highest BCUT2D eigenvalue weighted by Crippen LogP contribution is 2.56. The van der Waals surface area contributed by atoms with Crippen molar-refractivity contribution in [2.24, 2.45) is 0 Å². The molecule has 11 aromatic rings. The Morgan fingerprint density at radius 2 is 0.721 bits per heavy atom. The van der Waals surface area contributed by atoms with Gasteiger partial charge < -0.3 is 0 Å². The number of hydrogen-bond acceptors (Lipinski definition) is 3. The Bertz CT molecular complexity index is 3440. The van der Waals surface area contributed by atoms with Gasteiger partial charge in [-0.25, -0.2) is 15.0 Å². The molecule has 1 aliphatic rings. The quantitative estimate of drug-likeness (QED) is 0.169. The van der Waals surface area contributed by atoms with Crippen molar-refractivity contribution in [3.8, 4) is 56.4 Å². The molecule has 10 aromatic carbocycles. The third-order valence-electron chi connectivity index (χ3n) is 12.6. The van der Waals surface area contributed by atoms with E-state index in [0.717, 1.165) is 32.8 Å². The summed E-state index contributed by atoms with van der Waals surface area (Å²) in [6, 6.07) is 80.6. The lowest BCUT2D eigenvalue weighted by atomic mass is 9.67. The molecule has 1 aliphatic carbocycles. The molecule has 0 spiro atoms. The number of hydrogen-bond donors (Lipinski definition) is 0. The van der Waals surface area contributed by atoms with Gasteiger partial charge in [0.2, 0.25) is 0 Å². The second-order valence-electron chi connectivity index (χ2n) is 15.9. The molecule has 3 nitrogen and oxygen atoms in total. The first-order valence-corrected chi connectivity index (χ1v) is 20.8. The summed E-state index contributed by atoms with van der Waals surface area (Å²) in [5, 5.41) is 7.00. The standard InChI is InChI=1S/C58H37N3/c1-3-19-45(20-4-1)58(46-21-5-2-6-22-46)53-28-12-11-23-50(53)51-34-33-44(37-54(51)58)56-59-55(43-32-30-39-16-8-10-18-41(39)36-43)60-57(61-56)52-27-14-25-48-47(24-13-26-49(48)52)42-31-29-38-15-7-9-17-40(38)35-42/h1-37H. The van der Waals surface area contributed by atoms with E-state index in [0.29, 0.717) is 17.5 Å². The summed E-state index contributed by atoms with van der Waals surface area (Å²) < 4.78 is 0. The maximum Gasteiger partial charge on any atom is 0.164 e. The SMILES string of the molecule is c1ccc(C2(c3ccccc3)c3ccccc3-c3ccc(-c4nc(-c5ccc6ccccc6c5)nc(-c5cccc6c(-c7ccc8ccccc8c7)cccc56)n4)cc32)cc1. The van der Waals surface area contributed by atoms with E-state index in [1.165, 1.54) is 60.7 Å². The monoisotopic (exact) mass is 775 g/mol. The second-order valence-corrected chi connectivity index (χ2v) is 15.9. The van der Waals surface area contributed by atoms with Crippen LogP contribution in [0.25, 0.3) is 88.7 Å². The van der Waals surface area contributed by atoms with Crippen molar-refractivity contribution < 1.29 is 0 Å². The van der Waals surface area contributed by atoms with Gasteiger partial charge in [-0.1, -0.05) is 206 Å². The van der Waals surface area contributed by atoms with E-state index >= 15 is 0 Å². The van der Waals surface area contributed by atoms with Crippen LogP contribution in [0.4, 0.5) is 0 Å². The van der Waals surface area contributed by atoms with Crippen LogP contribution < -0.4 is 0 Å². The molecule has 61 heavy (non-hydrogen) atoms. The van der Waals surface area contributed by atoms with Gasteiger partial charge in [0.25, 0.3) is 0 Å². The van der Waals surface area contributed by atoms with Gasteiger partial charge >= 0.3 is 0 Å². The van der Waals surface area contributed by atoms with Crippen molar-refractivity contribution in [2.45, 2.75) is 5.41 Å². The normalized spacial score (nSPS) is 12.7. The van der Waals surface area contributed by atoms with Gasteiger partial charge in [0.1, 0.15) is 0 Å². The summed E-state index contributed by atoms with van der Waals surface area (Å²) in [4.78, 5) is 16.0. The van der Waals surface area contributed by atoms with Gasteiger partial charge in [-0.2, -0.15) is 0 Å². The molecule has 0 radical (unpaired) electrons. The Morgan fingerprint density at radius 3 is 1.39 bits per heavy atom. The molecule has 1 heterocycles. The topological polar surface area (TPSA) is 38.7 Å². The molecular weight excluding hydrogens is 739 g/mol. The van der Waals surface area contributed by atoms with Crippen molar-refractivity contribution >= 4 is 32.3 Å². The highest BCUT2D eigenvalue weighted by atomic mass is 15.0. The van der Waals surface area contributed by atoms with E-state index in [4.69, 9.17) is 15.0 Å². The minimum Gasteiger partial charge on any atom is -0.208 e. The maximum atomic E-state index is 5.40. The summed E-state index contributed by atoms with van der Waals surface area (Å²) in [5.41, 5.74) is 12.0. The van der Waals surface area contributed by atoms with Crippen LogP contribution in [0.15, 0.2) is 224 Å². The van der Waals surface area contributed by atoms with Gasteiger partial charge in [-0.05, 0) is 95.0 Å². The third kappa shape index (κ3) is 5.62. The lowest BCUT2D eigenvalue weighted by Gasteiger charge is -2.34. The van der Waals surface area contributed by atoms with Crippen LogP contribution >= 0.6 is 0 Å². The molecule has 0 atom stereocenters. The molecule has 0 saturated heterocycles. The average Bonchev–Trinajstić information content (AvgIpc) is 3.64. The molecule has 0 N–H and O–H groups in total. The Kier molecular flexibility index (Phi) is 8.07. The van der Waals surface area contributed by atoms with E-state index in [1.807, 2.05) is 0 Å². The van der Waals surface area contributed by atoms with Crippen LogP contribution in [0.5, 0.6) is 0 Å². The lowest BCUT2D eigenvalue weighted by molar-refractivity contribution is 0.768. The fourth-order valence-electron chi connectivity index (χ4n) is 9.78. The molecule has 0 aliphatic heterocycles. The summed E-state index contributed by atoms with van der Waals surface area (Å²) >= 11 is 0. The van der Waals surface area contributed by atoms with Crippen LogP contribution in [-0.4, -0.2) is 15.0 Å². The Morgan fingerprint density at radius 1 is 0.262 bits per heavy atom. The minimum absolute atomic E-state index is 0.545. The zero-order chi connectivity index (χ0) is 40.3. The van der Waals surface area contributed by atoms with Crippen molar-refractivity contribution in [1.29, 1.82) is 0 Å². The van der Waals surface area contributed by atoms with E-state index < -0.39 is 5.41 Å². The van der Waals surface area contributed by atoms with Crippen LogP contribution in [0, 0.1) is 0 Å². The Labute approximate surface area is 354 Å². The third-order valence-corrected chi connectivity index (χ3v) is 12.6. The predicted octanol–water partition coefficient (Wildman–Crippen LogP) is 14.4. The summed E-state index contributed by atoms with van der Waals surface area (Å²) in [7, 11) is 0. The van der Waals surface area contributed by atoms with Gasteiger partial charge in [-0.15, -0.1) is 0 Å². The van der Waals surface area contributed by atoms with E-state index in [1.54, 1.807) is 0 Å². The van der Waals surface area contributed by atoms with Crippen LogP contribution in [0.1, 0.15) is 22.3 Å². The van der Waals surface area contributed by atoms with Crippen LogP contribution in [-0.2, 0) is 5.41 Å². The minimum atomic E-state index is -0.545. The molecule has 0 saturated carbocycles. The number of benzene rings is 10. The first kappa shape index (κ1) is 35.0. The van der Waals surface area contributed by atoms with E-state index in [-0.39, 0.29) is 0 Å². The first-order chi connectivity index (χ1) is 30.2. The van der Waals surface area contributed by atoms with Crippen molar-refractivity contribution in [1.82, 2.24) is 15.0 Å². The smallest absolute Gasteiger partial charge is 0.164 e. The largest absolute Gasteiger partial charge is 0.208 e. The van der Waals surface area contributed by atoms with Gasteiger partial charge in [-0.3, -0.25) is 0 Å². The van der Waals surface area contributed by atoms with Crippen molar-refractivity contribution in [3.63, 3.8) is 0 Å². The Balaban J connectivity index is 1.09. The van der Waals surface area contributed by atoms with Gasteiger partial charge in [0.05, 0.1) is 5.41 Å². The average molecular weight is 776 g/mol. The number of rotatable bonds is 6.